The average molecular weight is 275 g/mol. The van der Waals surface area contributed by atoms with Gasteiger partial charge in [0.2, 0.25) is 0 Å². The van der Waals surface area contributed by atoms with Crippen LogP contribution in [0.15, 0.2) is 46.3 Å². The second-order valence-electron chi connectivity index (χ2n) is 3.52. The van der Waals surface area contributed by atoms with Gasteiger partial charge in [-0.25, -0.2) is 4.79 Å². The number of rotatable bonds is 4. The Morgan fingerprint density at radius 3 is 2.42 bits per heavy atom. The van der Waals surface area contributed by atoms with E-state index in [1.54, 1.807) is 24.3 Å². The maximum absolute atomic E-state index is 11.0. The third-order valence-electron chi connectivity index (χ3n) is 2.22. The first-order chi connectivity index (χ1) is 9.08. The van der Waals surface area contributed by atoms with E-state index in [4.69, 9.17) is 10.8 Å². The summed E-state index contributed by atoms with van der Waals surface area (Å²) in [5.41, 5.74) is 5.31. The predicted octanol–water partition coefficient (Wildman–Crippen LogP) is 1.42. The van der Waals surface area contributed by atoms with Gasteiger partial charge in [0.15, 0.2) is 5.69 Å². The Kier molecular flexibility index (Phi) is 3.76. The van der Waals surface area contributed by atoms with Crippen molar-refractivity contribution in [2.75, 3.05) is 0 Å². The number of carboxylic acids is 1. The van der Waals surface area contributed by atoms with E-state index in [0.717, 1.165) is 11.8 Å². The van der Waals surface area contributed by atoms with Crippen LogP contribution in [0.2, 0.25) is 0 Å². The molecule has 0 bridgehead atoms. The van der Waals surface area contributed by atoms with E-state index in [1.165, 1.54) is 12.1 Å². The Hall–Kier alpha value is -2.41. The number of carboxylic acid groups (broad SMARTS) is 1. The van der Waals surface area contributed by atoms with Crippen LogP contribution in [0.1, 0.15) is 20.8 Å². The van der Waals surface area contributed by atoms with Gasteiger partial charge in [0.25, 0.3) is 5.91 Å². The summed E-state index contributed by atoms with van der Waals surface area (Å²) >= 11 is 1.16. The molecule has 0 radical (unpaired) electrons. The minimum atomic E-state index is -1.01. The Labute approximate surface area is 112 Å². The van der Waals surface area contributed by atoms with E-state index in [9.17, 15) is 9.59 Å². The summed E-state index contributed by atoms with van der Waals surface area (Å²) in [6, 6.07) is 9.58. The van der Waals surface area contributed by atoms with Crippen molar-refractivity contribution in [3.63, 3.8) is 0 Å². The molecule has 1 heterocycles. The van der Waals surface area contributed by atoms with E-state index in [0.29, 0.717) is 9.92 Å². The molecule has 3 N–H and O–H groups in total. The largest absolute Gasteiger partial charge is 0.478 e. The van der Waals surface area contributed by atoms with E-state index in [1.807, 2.05) is 0 Å². The number of nitrogens with zero attached hydrogens (tertiary/aromatic N) is 2. The monoisotopic (exact) mass is 275 g/mol. The number of aromatic carboxylic acids is 1. The van der Waals surface area contributed by atoms with Crippen LogP contribution in [0.3, 0.4) is 0 Å². The lowest BCUT2D eigenvalue weighted by atomic mass is 10.2. The number of nitrogens with two attached hydrogens (primary N) is 1. The number of benzene rings is 1. The van der Waals surface area contributed by atoms with E-state index in [2.05, 4.69) is 10.2 Å². The molecule has 0 aliphatic rings. The smallest absolute Gasteiger partial charge is 0.336 e. The molecule has 0 saturated carbocycles. The average Bonchev–Trinajstić information content (AvgIpc) is 2.39. The van der Waals surface area contributed by atoms with Gasteiger partial charge in [-0.05, 0) is 24.3 Å². The molecule has 0 fully saturated rings. The van der Waals surface area contributed by atoms with Crippen LogP contribution in [0, 0.1) is 0 Å². The molecule has 7 heteroatoms. The second kappa shape index (κ2) is 5.49. The minimum absolute atomic E-state index is 0.0656. The van der Waals surface area contributed by atoms with Gasteiger partial charge in [-0.15, -0.1) is 10.2 Å². The Bertz CT molecular complexity index is 628. The van der Waals surface area contributed by atoms with Crippen LogP contribution in [-0.4, -0.2) is 27.2 Å². The summed E-state index contributed by atoms with van der Waals surface area (Å²) < 4.78 is 0. The number of amides is 1. The zero-order valence-electron chi connectivity index (χ0n) is 9.61. The number of hydrogen-bond acceptors (Lipinski definition) is 5. The summed E-state index contributed by atoms with van der Waals surface area (Å²) in [5, 5.41) is 17.0. The van der Waals surface area contributed by atoms with Crippen LogP contribution in [0.5, 0.6) is 0 Å². The van der Waals surface area contributed by atoms with Crippen LogP contribution in [-0.2, 0) is 0 Å². The number of carbonyl (C=O) groups is 2. The number of primary amides is 1. The standard InChI is InChI=1S/C12H9N3O3S/c13-11(16)8-5-6-10(15-14-8)19-9-4-2-1-3-7(9)12(17)18/h1-6H,(H2,13,16)(H,17,18). The first kappa shape index (κ1) is 13.0. The van der Waals surface area contributed by atoms with Crippen molar-refractivity contribution in [3.05, 3.63) is 47.7 Å². The normalized spacial score (nSPS) is 10.1. The third kappa shape index (κ3) is 3.08. The highest BCUT2D eigenvalue weighted by molar-refractivity contribution is 7.99. The Morgan fingerprint density at radius 2 is 1.84 bits per heavy atom. The van der Waals surface area contributed by atoms with Crippen LogP contribution in [0.4, 0.5) is 0 Å². The first-order valence-electron chi connectivity index (χ1n) is 5.21. The lowest BCUT2D eigenvalue weighted by molar-refractivity contribution is 0.0693. The summed E-state index contributed by atoms with van der Waals surface area (Å²) in [6.45, 7) is 0. The minimum Gasteiger partial charge on any atom is -0.478 e. The van der Waals surface area contributed by atoms with E-state index in [-0.39, 0.29) is 11.3 Å². The van der Waals surface area contributed by atoms with Crippen LogP contribution < -0.4 is 5.73 Å². The highest BCUT2D eigenvalue weighted by atomic mass is 32.2. The maximum atomic E-state index is 11.0. The first-order valence-corrected chi connectivity index (χ1v) is 6.03. The highest BCUT2D eigenvalue weighted by Gasteiger charge is 2.11. The third-order valence-corrected chi connectivity index (χ3v) is 3.23. The molecule has 6 nitrogen and oxygen atoms in total. The van der Waals surface area contributed by atoms with Crippen molar-refractivity contribution in [2.24, 2.45) is 5.73 Å². The Morgan fingerprint density at radius 1 is 1.11 bits per heavy atom. The fourth-order valence-corrected chi connectivity index (χ4v) is 2.21. The molecular weight excluding hydrogens is 266 g/mol. The number of hydrogen-bond donors (Lipinski definition) is 2. The molecule has 0 aliphatic heterocycles. The van der Waals surface area contributed by atoms with Gasteiger partial charge in [0.1, 0.15) is 5.03 Å². The molecule has 0 atom stereocenters. The number of carbonyl (C=O) groups excluding carboxylic acids is 1. The second-order valence-corrected chi connectivity index (χ2v) is 4.59. The molecule has 2 aromatic rings. The van der Waals surface area contributed by atoms with Crippen LogP contribution in [0.25, 0.3) is 0 Å². The quantitative estimate of drug-likeness (QED) is 0.874. The molecule has 1 amide bonds. The zero-order chi connectivity index (χ0) is 13.8. The van der Waals surface area contributed by atoms with E-state index >= 15 is 0 Å². The van der Waals surface area contributed by atoms with Gasteiger partial charge in [-0.3, -0.25) is 4.79 Å². The topological polar surface area (TPSA) is 106 Å². The highest BCUT2D eigenvalue weighted by Crippen LogP contribution is 2.28. The van der Waals surface area contributed by atoms with Gasteiger partial charge in [-0.2, -0.15) is 0 Å². The van der Waals surface area contributed by atoms with Crippen molar-refractivity contribution in [2.45, 2.75) is 9.92 Å². The van der Waals surface area contributed by atoms with Crippen molar-refractivity contribution in [1.82, 2.24) is 10.2 Å². The van der Waals surface area contributed by atoms with Crippen LogP contribution >= 0.6 is 11.8 Å². The van der Waals surface area contributed by atoms with Crippen molar-refractivity contribution in [1.29, 1.82) is 0 Å². The van der Waals surface area contributed by atoms with Crippen molar-refractivity contribution in [3.8, 4) is 0 Å². The molecule has 0 aliphatic carbocycles. The summed E-state index contributed by atoms with van der Waals surface area (Å²) in [7, 11) is 0. The van der Waals surface area contributed by atoms with Crippen molar-refractivity contribution < 1.29 is 14.7 Å². The summed E-state index contributed by atoms with van der Waals surface area (Å²) in [6.07, 6.45) is 0. The molecule has 2 rings (SSSR count). The fourth-order valence-electron chi connectivity index (χ4n) is 1.35. The lowest BCUT2D eigenvalue weighted by Gasteiger charge is -2.04. The van der Waals surface area contributed by atoms with Gasteiger partial charge in [-0.1, -0.05) is 23.9 Å². The Balaban J connectivity index is 2.26. The SMILES string of the molecule is NC(=O)c1ccc(Sc2ccccc2C(=O)O)nn1. The molecule has 0 unspecified atom stereocenters. The predicted molar refractivity (Wildman–Crippen MR) is 68.1 cm³/mol. The maximum Gasteiger partial charge on any atom is 0.336 e. The lowest BCUT2D eigenvalue weighted by Crippen LogP contribution is -2.13. The summed E-state index contributed by atoms with van der Waals surface area (Å²) in [4.78, 5) is 22.4. The van der Waals surface area contributed by atoms with Gasteiger partial charge in [0.05, 0.1) is 5.56 Å². The number of aromatic nitrogens is 2. The van der Waals surface area contributed by atoms with E-state index < -0.39 is 11.9 Å². The zero-order valence-corrected chi connectivity index (χ0v) is 10.4. The van der Waals surface area contributed by atoms with Gasteiger partial charge in [0, 0.05) is 4.90 Å². The molecule has 0 saturated heterocycles. The molecule has 96 valence electrons. The molecular formula is C12H9N3O3S. The molecule has 0 spiro atoms. The van der Waals surface area contributed by atoms with Gasteiger partial charge >= 0.3 is 5.97 Å². The molecule has 19 heavy (non-hydrogen) atoms. The van der Waals surface area contributed by atoms with Crippen molar-refractivity contribution >= 4 is 23.6 Å². The van der Waals surface area contributed by atoms with Gasteiger partial charge < -0.3 is 10.8 Å². The summed E-state index contributed by atoms with van der Waals surface area (Å²) in [5.74, 6) is -1.67. The molecule has 1 aromatic heterocycles. The molecule has 1 aromatic carbocycles. The fraction of sp³-hybridized carbons (Fsp3) is 0.